The first kappa shape index (κ1) is 16.3. The van der Waals surface area contributed by atoms with Crippen LogP contribution in [0, 0.1) is 6.92 Å². The number of carbonyl (C=O) groups excluding carboxylic acids is 1. The third-order valence-electron chi connectivity index (χ3n) is 4.01. The first-order valence-corrected chi connectivity index (χ1v) is 8.39. The SMILES string of the molecule is Cc1nn(-c2ccccc2)c(Cl)c1C(=O)Oc1cccc2cccnc12. The van der Waals surface area contributed by atoms with Gasteiger partial charge in [-0.2, -0.15) is 5.10 Å². The molecule has 0 saturated carbocycles. The lowest BCUT2D eigenvalue weighted by atomic mass is 10.2. The minimum absolute atomic E-state index is 0.215. The largest absolute Gasteiger partial charge is 0.420 e. The van der Waals surface area contributed by atoms with Gasteiger partial charge in [-0.15, -0.1) is 0 Å². The minimum atomic E-state index is -0.562. The summed E-state index contributed by atoms with van der Waals surface area (Å²) in [6.45, 7) is 1.73. The maximum atomic E-state index is 12.8. The van der Waals surface area contributed by atoms with Crippen LogP contribution in [0.3, 0.4) is 0 Å². The van der Waals surface area contributed by atoms with Crippen molar-refractivity contribution < 1.29 is 9.53 Å². The van der Waals surface area contributed by atoms with Crippen molar-refractivity contribution in [3.8, 4) is 11.4 Å². The predicted octanol–water partition coefficient (Wildman–Crippen LogP) is 4.60. The molecule has 2 aromatic heterocycles. The molecule has 26 heavy (non-hydrogen) atoms. The third kappa shape index (κ3) is 2.82. The van der Waals surface area contributed by atoms with Crippen LogP contribution in [-0.2, 0) is 0 Å². The van der Waals surface area contributed by atoms with Crippen molar-refractivity contribution in [3.05, 3.63) is 83.3 Å². The van der Waals surface area contributed by atoms with E-state index in [0.29, 0.717) is 17.0 Å². The van der Waals surface area contributed by atoms with Gasteiger partial charge in [-0.05, 0) is 31.2 Å². The molecule has 5 nitrogen and oxygen atoms in total. The highest BCUT2D eigenvalue weighted by molar-refractivity contribution is 6.33. The highest BCUT2D eigenvalue weighted by atomic mass is 35.5. The molecule has 0 fully saturated rings. The first-order valence-electron chi connectivity index (χ1n) is 8.01. The highest BCUT2D eigenvalue weighted by Crippen LogP contribution is 2.27. The zero-order valence-electron chi connectivity index (χ0n) is 13.9. The maximum Gasteiger partial charge on any atom is 0.348 e. The lowest BCUT2D eigenvalue weighted by Crippen LogP contribution is -2.10. The summed E-state index contributed by atoms with van der Waals surface area (Å²) in [4.78, 5) is 17.1. The lowest BCUT2D eigenvalue weighted by molar-refractivity contribution is 0.0736. The number of carbonyl (C=O) groups is 1. The Bertz CT molecular complexity index is 1100. The van der Waals surface area contributed by atoms with Gasteiger partial charge in [-0.3, -0.25) is 4.98 Å². The molecule has 2 aromatic carbocycles. The second-order valence-electron chi connectivity index (χ2n) is 5.72. The number of ether oxygens (including phenoxy) is 1. The summed E-state index contributed by atoms with van der Waals surface area (Å²) in [6, 6.07) is 18.5. The van der Waals surface area contributed by atoms with Gasteiger partial charge in [0.2, 0.25) is 0 Å². The Morgan fingerprint density at radius 1 is 1.04 bits per heavy atom. The van der Waals surface area contributed by atoms with Gasteiger partial charge >= 0.3 is 5.97 Å². The molecule has 0 aliphatic heterocycles. The van der Waals surface area contributed by atoms with Crippen LogP contribution in [0.15, 0.2) is 66.9 Å². The molecule has 0 aliphatic carbocycles. The van der Waals surface area contributed by atoms with Crippen molar-refractivity contribution in [3.63, 3.8) is 0 Å². The molecule has 0 spiro atoms. The molecule has 0 atom stereocenters. The van der Waals surface area contributed by atoms with E-state index in [0.717, 1.165) is 11.1 Å². The van der Waals surface area contributed by atoms with Crippen LogP contribution >= 0.6 is 11.6 Å². The maximum absolute atomic E-state index is 12.8. The number of aromatic nitrogens is 3. The van der Waals surface area contributed by atoms with E-state index in [9.17, 15) is 4.79 Å². The van der Waals surface area contributed by atoms with Gasteiger partial charge in [-0.25, -0.2) is 9.48 Å². The number of benzene rings is 2. The van der Waals surface area contributed by atoms with E-state index in [1.807, 2.05) is 54.6 Å². The summed E-state index contributed by atoms with van der Waals surface area (Å²) < 4.78 is 7.11. The normalized spacial score (nSPS) is 10.8. The summed E-state index contributed by atoms with van der Waals surface area (Å²) in [5.41, 5.74) is 2.12. The molecular weight excluding hydrogens is 350 g/mol. The van der Waals surface area contributed by atoms with E-state index in [1.54, 1.807) is 19.2 Å². The Balaban J connectivity index is 1.72. The lowest BCUT2D eigenvalue weighted by Gasteiger charge is -2.07. The Labute approximate surface area is 154 Å². The Hall–Kier alpha value is -3.18. The molecule has 4 rings (SSSR count). The van der Waals surface area contributed by atoms with Gasteiger partial charge in [0, 0.05) is 11.6 Å². The summed E-state index contributed by atoms with van der Waals surface area (Å²) in [7, 11) is 0. The number of hydrogen-bond acceptors (Lipinski definition) is 4. The van der Waals surface area contributed by atoms with Gasteiger partial charge in [0.15, 0.2) is 5.75 Å². The molecule has 0 saturated heterocycles. The van der Waals surface area contributed by atoms with Crippen molar-refractivity contribution in [1.82, 2.24) is 14.8 Å². The summed E-state index contributed by atoms with van der Waals surface area (Å²) >= 11 is 6.43. The highest BCUT2D eigenvalue weighted by Gasteiger charge is 2.23. The van der Waals surface area contributed by atoms with Gasteiger partial charge in [0.1, 0.15) is 16.2 Å². The first-order chi connectivity index (χ1) is 12.6. The monoisotopic (exact) mass is 363 g/mol. The average molecular weight is 364 g/mol. The topological polar surface area (TPSA) is 57.0 Å². The molecule has 0 N–H and O–H groups in total. The van der Waals surface area contributed by atoms with Crippen molar-refractivity contribution in [2.75, 3.05) is 0 Å². The summed E-state index contributed by atoms with van der Waals surface area (Å²) in [5.74, 6) is -0.177. The molecule has 128 valence electrons. The second kappa shape index (κ2) is 6.61. The van der Waals surface area contributed by atoms with Crippen molar-refractivity contribution in [2.45, 2.75) is 6.92 Å². The third-order valence-corrected chi connectivity index (χ3v) is 4.36. The van der Waals surface area contributed by atoms with Crippen LogP contribution in [0.2, 0.25) is 5.15 Å². The molecule has 6 heteroatoms. The van der Waals surface area contributed by atoms with Crippen LogP contribution in [0.5, 0.6) is 5.75 Å². The Kier molecular flexibility index (Phi) is 4.14. The van der Waals surface area contributed by atoms with Gasteiger partial charge < -0.3 is 4.74 Å². The summed E-state index contributed by atoms with van der Waals surface area (Å²) in [5, 5.41) is 5.48. The predicted molar refractivity (Wildman–Crippen MR) is 100 cm³/mol. The number of aryl methyl sites for hydroxylation is 1. The minimum Gasteiger partial charge on any atom is -0.420 e. The number of rotatable bonds is 3. The van der Waals surface area contributed by atoms with Crippen LogP contribution in [0.25, 0.3) is 16.6 Å². The molecule has 2 heterocycles. The fraction of sp³-hybridized carbons (Fsp3) is 0.0500. The molecule has 0 bridgehead atoms. The number of halogens is 1. The molecule has 4 aromatic rings. The molecule has 0 amide bonds. The Morgan fingerprint density at radius 2 is 1.81 bits per heavy atom. The number of para-hydroxylation sites is 2. The van der Waals surface area contributed by atoms with E-state index in [4.69, 9.17) is 16.3 Å². The van der Waals surface area contributed by atoms with E-state index in [-0.39, 0.29) is 10.7 Å². The van der Waals surface area contributed by atoms with Gasteiger partial charge in [0.05, 0.1) is 11.4 Å². The van der Waals surface area contributed by atoms with E-state index in [1.165, 1.54) is 4.68 Å². The average Bonchev–Trinajstić information content (AvgIpc) is 2.97. The van der Waals surface area contributed by atoms with E-state index < -0.39 is 5.97 Å². The standard InChI is InChI=1S/C20H14ClN3O2/c1-13-17(19(21)24(23-13)15-9-3-2-4-10-15)20(25)26-16-11-5-7-14-8-6-12-22-18(14)16/h2-12H,1H3. The summed E-state index contributed by atoms with van der Waals surface area (Å²) in [6.07, 6.45) is 1.66. The number of nitrogens with zero attached hydrogens (tertiary/aromatic N) is 3. The number of fused-ring (bicyclic) bond motifs is 1. The zero-order valence-corrected chi connectivity index (χ0v) is 14.6. The fourth-order valence-electron chi connectivity index (χ4n) is 2.78. The number of esters is 1. The van der Waals surface area contributed by atoms with Crippen LogP contribution in [-0.4, -0.2) is 20.7 Å². The molecular formula is C20H14ClN3O2. The number of pyridine rings is 1. The Morgan fingerprint density at radius 3 is 2.62 bits per heavy atom. The molecule has 0 unspecified atom stereocenters. The van der Waals surface area contributed by atoms with Crippen molar-refractivity contribution in [1.29, 1.82) is 0 Å². The van der Waals surface area contributed by atoms with Crippen LogP contribution < -0.4 is 4.74 Å². The zero-order chi connectivity index (χ0) is 18.1. The van der Waals surface area contributed by atoms with E-state index >= 15 is 0 Å². The molecule has 0 aliphatic rings. The van der Waals surface area contributed by atoms with Gasteiger partial charge in [0.25, 0.3) is 0 Å². The van der Waals surface area contributed by atoms with Crippen molar-refractivity contribution in [2.24, 2.45) is 0 Å². The van der Waals surface area contributed by atoms with Gasteiger partial charge in [-0.1, -0.05) is 48.0 Å². The second-order valence-corrected chi connectivity index (χ2v) is 6.08. The van der Waals surface area contributed by atoms with Crippen molar-refractivity contribution >= 4 is 28.5 Å². The van der Waals surface area contributed by atoms with E-state index in [2.05, 4.69) is 10.1 Å². The fourth-order valence-corrected chi connectivity index (χ4v) is 3.13. The van der Waals surface area contributed by atoms with Crippen LogP contribution in [0.1, 0.15) is 16.1 Å². The smallest absolute Gasteiger partial charge is 0.348 e. The quantitative estimate of drug-likeness (QED) is 0.394. The van der Waals surface area contributed by atoms with Crippen LogP contribution in [0.4, 0.5) is 0 Å². The number of hydrogen-bond donors (Lipinski definition) is 0. The molecule has 0 radical (unpaired) electrons.